The predicted molar refractivity (Wildman–Crippen MR) is 101 cm³/mol. The Morgan fingerprint density at radius 1 is 1.22 bits per heavy atom. The fraction of sp³-hybridized carbons (Fsp3) is 0.450. The molecule has 0 spiro atoms. The first kappa shape index (κ1) is 16.4. The van der Waals surface area contributed by atoms with Crippen LogP contribution in [0.4, 0.5) is 5.82 Å². The lowest BCUT2D eigenvalue weighted by molar-refractivity contribution is -0.122. The van der Waals surface area contributed by atoms with Gasteiger partial charge in [0.25, 0.3) is 0 Å². The van der Waals surface area contributed by atoms with Crippen molar-refractivity contribution in [2.75, 3.05) is 18.0 Å². The lowest BCUT2D eigenvalue weighted by Gasteiger charge is -2.34. The minimum Gasteiger partial charge on any atom is -0.463 e. The zero-order valence-electron chi connectivity index (χ0n) is 15.2. The van der Waals surface area contributed by atoms with Crippen molar-refractivity contribution < 1.29 is 9.21 Å². The topological polar surface area (TPSA) is 89.7 Å². The number of nitrogens with two attached hydrogens (primary N) is 1. The highest BCUT2D eigenvalue weighted by atomic mass is 16.3. The van der Waals surface area contributed by atoms with Crippen LogP contribution in [0.3, 0.4) is 0 Å². The number of rotatable bonds is 3. The fourth-order valence-corrected chi connectivity index (χ4v) is 4.37. The Morgan fingerprint density at radius 2 is 2.04 bits per heavy atom. The van der Waals surface area contributed by atoms with Crippen LogP contribution in [0, 0.1) is 5.92 Å². The van der Waals surface area contributed by atoms with Gasteiger partial charge in [-0.1, -0.05) is 0 Å². The lowest BCUT2D eigenvalue weighted by Crippen LogP contribution is -2.40. The molecule has 7 nitrogen and oxygen atoms in total. The van der Waals surface area contributed by atoms with E-state index in [-0.39, 0.29) is 11.8 Å². The fourth-order valence-electron chi connectivity index (χ4n) is 4.37. The van der Waals surface area contributed by atoms with Crippen LogP contribution in [0.1, 0.15) is 36.9 Å². The second-order valence-electron chi connectivity index (χ2n) is 7.51. The molecule has 4 heterocycles. The normalized spacial score (nSPS) is 18.0. The molecule has 1 fully saturated rings. The van der Waals surface area contributed by atoms with E-state index in [1.54, 1.807) is 6.26 Å². The summed E-state index contributed by atoms with van der Waals surface area (Å²) in [5, 5.41) is 4.82. The standard InChI is InChI=1S/C20H23N5O2/c21-19(26)13-7-9-24(10-8-13)20-14-4-1-2-5-15(14)22-18-12-16(23-25(18)20)17-6-3-11-27-17/h3,6,11-13H,1-2,4-5,7-10H2,(H2,21,26). The summed E-state index contributed by atoms with van der Waals surface area (Å²) < 4.78 is 7.50. The van der Waals surface area contributed by atoms with Gasteiger partial charge in [-0.25, -0.2) is 4.98 Å². The van der Waals surface area contributed by atoms with Crippen LogP contribution in [0.2, 0.25) is 0 Å². The number of furan rings is 1. The number of hydrogen-bond acceptors (Lipinski definition) is 5. The first-order valence-electron chi connectivity index (χ1n) is 9.70. The van der Waals surface area contributed by atoms with E-state index in [0.29, 0.717) is 0 Å². The maximum Gasteiger partial charge on any atom is 0.220 e. The van der Waals surface area contributed by atoms with E-state index in [2.05, 4.69) is 4.90 Å². The number of nitrogens with zero attached hydrogens (tertiary/aromatic N) is 4. The molecule has 0 unspecified atom stereocenters. The Bertz CT molecular complexity index is 984. The van der Waals surface area contributed by atoms with Crippen molar-refractivity contribution in [2.45, 2.75) is 38.5 Å². The Morgan fingerprint density at radius 3 is 2.78 bits per heavy atom. The SMILES string of the molecule is NC(=O)C1CCN(c2c3c(nc4cc(-c5ccco5)nn24)CCCC3)CC1. The quantitative estimate of drug-likeness (QED) is 0.770. The van der Waals surface area contributed by atoms with Crippen molar-refractivity contribution in [3.8, 4) is 11.5 Å². The molecule has 140 valence electrons. The van der Waals surface area contributed by atoms with Gasteiger partial charge >= 0.3 is 0 Å². The smallest absolute Gasteiger partial charge is 0.220 e. The van der Waals surface area contributed by atoms with E-state index in [0.717, 1.165) is 61.7 Å². The molecule has 1 saturated heterocycles. The molecule has 27 heavy (non-hydrogen) atoms. The van der Waals surface area contributed by atoms with Crippen LogP contribution in [-0.2, 0) is 17.6 Å². The van der Waals surface area contributed by atoms with Crippen molar-refractivity contribution in [2.24, 2.45) is 11.7 Å². The second-order valence-corrected chi connectivity index (χ2v) is 7.51. The Hall–Kier alpha value is -2.83. The second kappa shape index (κ2) is 6.40. The van der Waals surface area contributed by atoms with Crippen molar-refractivity contribution in [3.63, 3.8) is 0 Å². The molecule has 0 bridgehead atoms. The minimum absolute atomic E-state index is 0.0225. The number of aromatic nitrogens is 3. The molecule has 5 rings (SSSR count). The first-order valence-corrected chi connectivity index (χ1v) is 9.70. The monoisotopic (exact) mass is 365 g/mol. The van der Waals surface area contributed by atoms with E-state index < -0.39 is 0 Å². The van der Waals surface area contributed by atoms with Crippen molar-refractivity contribution in [3.05, 3.63) is 35.7 Å². The van der Waals surface area contributed by atoms with Crippen LogP contribution in [0.25, 0.3) is 17.1 Å². The maximum absolute atomic E-state index is 11.5. The molecule has 0 saturated carbocycles. The van der Waals surface area contributed by atoms with Gasteiger partial charge in [0.2, 0.25) is 5.91 Å². The average molecular weight is 365 g/mol. The number of anilines is 1. The van der Waals surface area contributed by atoms with Gasteiger partial charge in [0.05, 0.1) is 6.26 Å². The van der Waals surface area contributed by atoms with Gasteiger partial charge in [0.1, 0.15) is 11.5 Å². The van der Waals surface area contributed by atoms with Crippen LogP contribution in [0.15, 0.2) is 28.9 Å². The Labute approximate surface area is 157 Å². The molecule has 3 aromatic rings. The first-order chi connectivity index (χ1) is 13.2. The number of carbonyl (C=O) groups excluding carboxylic acids is 1. The van der Waals surface area contributed by atoms with Crippen molar-refractivity contribution in [1.82, 2.24) is 14.6 Å². The van der Waals surface area contributed by atoms with E-state index in [1.807, 2.05) is 22.7 Å². The number of primary amides is 1. The van der Waals surface area contributed by atoms with E-state index in [9.17, 15) is 4.79 Å². The molecule has 2 N–H and O–H groups in total. The minimum atomic E-state index is -0.184. The maximum atomic E-state index is 11.5. The van der Waals surface area contributed by atoms with Gasteiger partial charge < -0.3 is 15.1 Å². The zero-order valence-corrected chi connectivity index (χ0v) is 15.2. The third-order valence-corrected chi connectivity index (χ3v) is 5.82. The Balaban J connectivity index is 1.61. The van der Waals surface area contributed by atoms with Crippen LogP contribution in [-0.4, -0.2) is 33.6 Å². The van der Waals surface area contributed by atoms with E-state index in [4.69, 9.17) is 20.2 Å². The highest BCUT2D eigenvalue weighted by Crippen LogP contribution is 2.34. The molecule has 7 heteroatoms. The summed E-state index contributed by atoms with van der Waals surface area (Å²) in [5.74, 6) is 1.67. The molecule has 0 atom stereocenters. The predicted octanol–water partition coefficient (Wildman–Crippen LogP) is 2.57. The van der Waals surface area contributed by atoms with Gasteiger partial charge in [0, 0.05) is 36.3 Å². The van der Waals surface area contributed by atoms with Crippen LogP contribution < -0.4 is 10.6 Å². The number of carbonyl (C=O) groups is 1. The molecular formula is C20H23N5O2. The van der Waals surface area contributed by atoms with Gasteiger partial charge in [-0.05, 0) is 50.7 Å². The third-order valence-electron chi connectivity index (χ3n) is 5.82. The van der Waals surface area contributed by atoms with Crippen LogP contribution >= 0.6 is 0 Å². The van der Waals surface area contributed by atoms with Gasteiger partial charge in [-0.3, -0.25) is 4.79 Å². The molecule has 1 aliphatic heterocycles. The largest absolute Gasteiger partial charge is 0.463 e. The number of piperidine rings is 1. The van der Waals surface area contributed by atoms with Gasteiger partial charge in [0.15, 0.2) is 11.4 Å². The molecule has 1 aliphatic carbocycles. The number of fused-ring (bicyclic) bond motifs is 2. The number of hydrogen-bond donors (Lipinski definition) is 1. The van der Waals surface area contributed by atoms with Crippen LogP contribution in [0.5, 0.6) is 0 Å². The third kappa shape index (κ3) is 2.78. The zero-order chi connectivity index (χ0) is 18.4. The molecule has 0 radical (unpaired) electrons. The summed E-state index contributed by atoms with van der Waals surface area (Å²) in [5.41, 5.74) is 9.66. The lowest BCUT2D eigenvalue weighted by atomic mass is 9.93. The Kier molecular flexibility index (Phi) is 3.88. The van der Waals surface area contributed by atoms with Gasteiger partial charge in [-0.2, -0.15) is 9.61 Å². The highest BCUT2D eigenvalue weighted by molar-refractivity contribution is 5.77. The molecular weight excluding hydrogens is 342 g/mol. The molecule has 1 amide bonds. The summed E-state index contributed by atoms with van der Waals surface area (Å²) in [4.78, 5) is 18.8. The number of aryl methyl sites for hydroxylation is 1. The average Bonchev–Trinajstić information content (AvgIpc) is 3.35. The van der Waals surface area contributed by atoms with E-state index >= 15 is 0 Å². The van der Waals surface area contributed by atoms with Crippen molar-refractivity contribution >= 4 is 17.4 Å². The molecule has 3 aromatic heterocycles. The highest BCUT2D eigenvalue weighted by Gasteiger charge is 2.29. The molecule has 0 aromatic carbocycles. The molecule has 2 aliphatic rings. The summed E-state index contributed by atoms with van der Waals surface area (Å²) in [7, 11) is 0. The number of amides is 1. The summed E-state index contributed by atoms with van der Waals surface area (Å²) in [6, 6.07) is 5.78. The summed E-state index contributed by atoms with van der Waals surface area (Å²) in [6.45, 7) is 1.63. The van der Waals surface area contributed by atoms with Gasteiger partial charge in [-0.15, -0.1) is 0 Å². The van der Waals surface area contributed by atoms with E-state index in [1.165, 1.54) is 24.1 Å². The summed E-state index contributed by atoms with van der Waals surface area (Å²) >= 11 is 0. The van der Waals surface area contributed by atoms with Crippen molar-refractivity contribution in [1.29, 1.82) is 0 Å². The summed E-state index contributed by atoms with van der Waals surface area (Å²) in [6.07, 6.45) is 7.64.